The summed E-state index contributed by atoms with van der Waals surface area (Å²) in [6.07, 6.45) is 2.36. The van der Waals surface area contributed by atoms with Gasteiger partial charge in [0.1, 0.15) is 5.69 Å². The number of nitrogens with one attached hydrogen (secondary N) is 2. The molecule has 4 nitrogen and oxygen atoms in total. The summed E-state index contributed by atoms with van der Waals surface area (Å²) >= 11 is 0. The Morgan fingerprint density at radius 2 is 2.30 bits per heavy atom. The van der Waals surface area contributed by atoms with Crippen molar-refractivity contribution in [2.75, 3.05) is 13.7 Å². The van der Waals surface area contributed by atoms with Crippen LogP contribution in [0.3, 0.4) is 0 Å². The van der Waals surface area contributed by atoms with Crippen LogP contribution >= 0.6 is 0 Å². The van der Waals surface area contributed by atoms with E-state index in [4.69, 9.17) is 4.74 Å². The number of H-pyrrole nitrogens is 1. The normalized spacial score (nSPS) is 16.3. The molecule has 1 aliphatic carbocycles. The molecule has 3 rings (SSSR count). The molecule has 0 saturated heterocycles. The summed E-state index contributed by atoms with van der Waals surface area (Å²) in [6, 6.07) is 8.10. The SMILES string of the molecule is COCC(NC(=O)c1cc2cccc(C)c2[nH]1)C1CC1. The van der Waals surface area contributed by atoms with E-state index in [1.807, 2.05) is 31.2 Å². The molecule has 20 heavy (non-hydrogen) atoms. The second-order valence-electron chi connectivity index (χ2n) is 5.59. The maximum absolute atomic E-state index is 12.3. The van der Waals surface area contributed by atoms with Crippen LogP contribution in [0.1, 0.15) is 28.9 Å². The van der Waals surface area contributed by atoms with Crippen LogP contribution in [0.15, 0.2) is 24.3 Å². The number of carbonyl (C=O) groups is 1. The molecule has 1 unspecified atom stereocenters. The van der Waals surface area contributed by atoms with Crippen LogP contribution in [0.25, 0.3) is 10.9 Å². The van der Waals surface area contributed by atoms with Crippen LogP contribution in [0, 0.1) is 12.8 Å². The zero-order valence-corrected chi connectivity index (χ0v) is 11.9. The molecule has 0 bridgehead atoms. The molecule has 0 spiro atoms. The highest BCUT2D eigenvalue weighted by Crippen LogP contribution is 2.33. The first-order valence-corrected chi connectivity index (χ1v) is 7.07. The number of hydrogen-bond donors (Lipinski definition) is 2. The van der Waals surface area contributed by atoms with E-state index < -0.39 is 0 Å². The van der Waals surface area contributed by atoms with E-state index in [1.54, 1.807) is 7.11 Å². The molecule has 106 valence electrons. The van der Waals surface area contributed by atoms with E-state index in [-0.39, 0.29) is 11.9 Å². The van der Waals surface area contributed by atoms with Crippen molar-refractivity contribution in [2.45, 2.75) is 25.8 Å². The van der Waals surface area contributed by atoms with Gasteiger partial charge in [0.2, 0.25) is 0 Å². The van der Waals surface area contributed by atoms with Crippen molar-refractivity contribution in [1.82, 2.24) is 10.3 Å². The van der Waals surface area contributed by atoms with E-state index in [0.29, 0.717) is 18.2 Å². The van der Waals surface area contributed by atoms with Gasteiger partial charge in [-0.25, -0.2) is 0 Å². The summed E-state index contributed by atoms with van der Waals surface area (Å²) in [7, 11) is 1.67. The van der Waals surface area contributed by atoms with Crippen LogP contribution in [0.4, 0.5) is 0 Å². The van der Waals surface area contributed by atoms with Crippen molar-refractivity contribution in [3.05, 3.63) is 35.5 Å². The first kappa shape index (κ1) is 13.2. The molecule has 1 aromatic heterocycles. The minimum absolute atomic E-state index is 0.0467. The maximum atomic E-state index is 12.3. The highest BCUT2D eigenvalue weighted by molar-refractivity contribution is 5.98. The molecular weight excluding hydrogens is 252 g/mol. The standard InChI is InChI=1S/C16H20N2O2/c1-10-4-3-5-12-8-13(17-15(10)12)16(19)18-14(9-20-2)11-6-7-11/h3-5,8,11,14,17H,6-7,9H2,1-2H3,(H,18,19). The topological polar surface area (TPSA) is 54.1 Å². The number of aromatic nitrogens is 1. The number of ether oxygens (including phenoxy) is 1. The minimum atomic E-state index is -0.0467. The van der Waals surface area contributed by atoms with Gasteiger partial charge in [0, 0.05) is 18.0 Å². The Morgan fingerprint density at radius 3 is 2.95 bits per heavy atom. The van der Waals surface area contributed by atoms with Gasteiger partial charge >= 0.3 is 0 Å². The third-order valence-corrected chi connectivity index (χ3v) is 3.96. The molecule has 2 N–H and O–H groups in total. The summed E-state index contributed by atoms with van der Waals surface area (Å²) < 4.78 is 5.20. The minimum Gasteiger partial charge on any atom is -0.383 e. The lowest BCUT2D eigenvalue weighted by Gasteiger charge is -2.16. The highest BCUT2D eigenvalue weighted by atomic mass is 16.5. The Balaban J connectivity index is 1.79. The fraction of sp³-hybridized carbons (Fsp3) is 0.438. The third kappa shape index (κ3) is 2.56. The van der Waals surface area contributed by atoms with E-state index in [0.717, 1.165) is 16.5 Å². The molecule has 1 atom stereocenters. The second kappa shape index (κ2) is 5.29. The van der Waals surface area contributed by atoms with Crippen molar-refractivity contribution in [2.24, 2.45) is 5.92 Å². The van der Waals surface area contributed by atoms with E-state index in [9.17, 15) is 4.79 Å². The Labute approximate surface area is 118 Å². The summed E-state index contributed by atoms with van der Waals surface area (Å²) in [5, 5.41) is 4.16. The monoisotopic (exact) mass is 272 g/mol. The number of benzene rings is 1. The number of hydrogen-bond acceptors (Lipinski definition) is 2. The average molecular weight is 272 g/mol. The largest absolute Gasteiger partial charge is 0.383 e. The molecule has 4 heteroatoms. The fourth-order valence-corrected chi connectivity index (χ4v) is 2.65. The smallest absolute Gasteiger partial charge is 0.268 e. The molecule has 1 amide bonds. The van der Waals surface area contributed by atoms with Gasteiger partial charge < -0.3 is 15.0 Å². The lowest BCUT2D eigenvalue weighted by Crippen LogP contribution is -2.39. The molecule has 1 heterocycles. The first-order chi connectivity index (χ1) is 9.69. The lowest BCUT2D eigenvalue weighted by molar-refractivity contribution is 0.0880. The maximum Gasteiger partial charge on any atom is 0.268 e. The predicted molar refractivity (Wildman–Crippen MR) is 78.9 cm³/mol. The van der Waals surface area contributed by atoms with Crippen LogP contribution in [0.5, 0.6) is 0 Å². The van der Waals surface area contributed by atoms with Crippen molar-refractivity contribution in [3.8, 4) is 0 Å². The zero-order chi connectivity index (χ0) is 14.1. The molecule has 2 aromatic rings. The van der Waals surface area contributed by atoms with E-state index in [1.165, 1.54) is 12.8 Å². The van der Waals surface area contributed by atoms with Crippen molar-refractivity contribution < 1.29 is 9.53 Å². The Bertz CT molecular complexity index is 628. The number of para-hydroxylation sites is 1. The van der Waals surface area contributed by atoms with Crippen LogP contribution in [-0.2, 0) is 4.74 Å². The summed E-state index contributed by atoms with van der Waals surface area (Å²) in [5.41, 5.74) is 2.81. The van der Waals surface area contributed by atoms with Crippen molar-refractivity contribution in [1.29, 1.82) is 0 Å². The van der Waals surface area contributed by atoms with Gasteiger partial charge in [-0.3, -0.25) is 4.79 Å². The molecule has 1 aliphatic rings. The average Bonchev–Trinajstić information content (AvgIpc) is 3.17. The number of aromatic amines is 1. The summed E-state index contributed by atoms with van der Waals surface area (Å²) in [4.78, 5) is 15.6. The zero-order valence-electron chi connectivity index (χ0n) is 11.9. The number of aryl methyl sites for hydroxylation is 1. The van der Waals surface area contributed by atoms with Crippen LogP contribution < -0.4 is 5.32 Å². The fourth-order valence-electron chi connectivity index (χ4n) is 2.65. The van der Waals surface area contributed by atoms with Gasteiger partial charge in [0.15, 0.2) is 0 Å². The Morgan fingerprint density at radius 1 is 1.50 bits per heavy atom. The number of methoxy groups -OCH3 is 1. The molecule has 1 aromatic carbocycles. The molecular formula is C16H20N2O2. The second-order valence-corrected chi connectivity index (χ2v) is 5.59. The highest BCUT2D eigenvalue weighted by Gasteiger charge is 2.32. The molecule has 1 saturated carbocycles. The van der Waals surface area contributed by atoms with Gasteiger partial charge in [-0.2, -0.15) is 0 Å². The summed E-state index contributed by atoms with van der Waals surface area (Å²) in [5.74, 6) is 0.527. The number of fused-ring (bicyclic) bond motifs is 1. The predicted octanol–water partition coefficient (Wildman–Crippen LogP) is 2.63. The number of rotatable bonds is 5. The first-order valence-electron chi connectivity index (χ1n) is 7.07. The number of carbonyl (C=O) groups excluding carboxylic acids is 1. The van der Waals surface area contributed by atoms with E-state index in [2.05, 4.69) is 10.3 Å². The van der Waals surface area contributed by atoms with Gasteiger partial charge in [0.05, 0.1) is 12.6 Å². The van der Waals surface area contributed by atoms with Crippen molar-refractivity contribution >= 4 is 16.8 Å². The number of amides is 1. The van der Waals surface area contributed by atoms with Crippen LogP contribution in [-0.4, -0.2) is 30.6 Å². The Kier molecular flexibility index (Phi) is 3.49. The Hall–Kier alpha value is -1.81. The van der Waals surface area contributed by atoms with Crippen molar-refractivity contribution in [3.63, 3.8) is 0 Å². The summed E-state index contributed by atoms with van der Waals surface area (Å²) in [6.45, 7) is 2.62. The quantitative estimate of drug-likeness (QED) is 0.879. The van der Waals surface area contributed by atoms with Crippen LogP contribution in [0.2, 0.25) is 0 Å². The van der Waals surface area contributed by atoms with Gasteiger partial charge in [0.25, 0.3) is 5.91 Å². The van der Waals surface area contributed by atoms with Gasteiger partial charge in [-0.15, -0.1) is 0 Å². The van der Waals surface area contributed by atoms with Gasteiger partial charge in [-0.05, 0) is 37.3 Å². The lowest BCUT2D eigenvalue weighted by atomic mass is 10.1. The molecule has 0 aliphatic heterocycles. The molecule has 1 fully saturated rings. The van der Waals surface area contributed by atoms with E-state index >= 15 is 0 Å². The third-order valence-electron chi connectivity index (χ3n) is 3.96. The van der Waals surface area contributed by atoms with Gasteiger partial charge in [-0.1, -0.05) is 18.2 Å². The molecule has 0 radical (unpaired) electrons.